The lowest BCUT2D eigenvalue weighted by Gasteiger charge is -2.29. The molecule has 1 aliphatic rings. The molecule has 0 bridgehead atoms. The van der Waals surface area contributed by atoms with Gasteiger partial charge in [-0.3, -0.25) is 4.79 Å². The molecule has 0 unspecified atom stereocenters. The third-order valence-electron chi connectivity index (χ3n) is 5.08. The summed E-state index contributed by atoms with van der Waals surface area (Å²) in [5.41, 5.74) is 9.24. The first-order valence-corrected chi connectivity index (χ1v) is 9.99. The maximum absolute atomic E-state index is 12.2. The number of fused-ring (bicyclic) bond motifs is 1. The first kappa shape index (κ1) is 20.8. The molecule has 156 valence electrons. The maximum atomic E-state index is 12.2. The van der Waals surface area contributed by atoms with Crippen molar-refractivity contribution >= 4 is 29.2 Å². The largest absolute Gasteiger partial charge is 0.384 e. The molecule has 2 atom stereocenters. The Balaban J connectivity index is 1.83. The molecule has 2 aromatic rings. The third kappa shape index (κ3) is 4.56. The Morgan fingerprint density at radius 3 is 2.90 bits per heavy atom. The Hall–Kier alpha value is -2.94. The van der Waals surface area contributed by atoms with Crippen LogP contribution in [-0.2, 0) is 4.79 Å². The molecular formula is C20H30N8O. The zero-order valence-electron chi connectivity index (χ0n) is 17.3. The van der Waals surface area contributed by atoms with E-state index in [4.69, 9.17) is 16.1 Å². The average molecular weight is 399 g/mol. The molecule has 0 aromatic carbocycles. The number of nitrogens with two attached hydrogens (primary N) is 1. The fourth-order valence-corrected chi connectivity index (χ4v) is 3.59. The number of hydrogen-bond donors (Lipinski definition) is 4. The summed E-state index contributed by atoms with van der Waals surface area (Å²) >= 11 is 0. The molecule has 1 amide bonds. The second kappa shape index (κ2) is 9.04. The van der Waals surface area contributed by atoms with E-state index in [1.807, 2.05) is 38.2 Å². The Labute approximate surface area is 170 Å². The van der Waals surface area contributed by atoms with Gasteiger partial charge in [-0.05, 0) is 19.3 Å². The van der Waals surface area contributed by atoms with Crippen molar-refractivity contribution in [1.82, 2.24) is 30.1 Å². The number of carbonyl (C=O) groups is 1. The van der Waals surface area contributed by atoms with Crippen molar-refractivity contribution in [2.45, 2.75) is 38.1 Å². The maximum Gasteiger partial charge on any atom is 0.237 e. The molecule has 3 rings (SSSR count). The summed E-state index contributed by atoms with van der Waals surface area (Å²) in [6, 6.07) is 1.70. The molecule has 9 heteroatoms. The van der Waals surface area contributed by atoms with Crippen LogP contribution >= 0.6 is 0 Å². The van der Waals surface area contributed by atoms with Gasteiger partial charge in [-0.25, -0.2) is 4.98 Å². The summed E-state index contributed by atoms with van der Waals surface area (Å²) in [6.07, 6.45) is 7.38. The summed E-state index contributed by atoms with van der Waals surface area (Å²) in [7, 11) is 3.81. The molecule has 1 fully saturated rings. The summed E-state index contributed by atoms with van der Waals surface area (Å²) in [5, 5.41) is 18.4. The molecule has 9 nitrogen and oxygen atoms in total. The second-order valence-electron chi connectivity index (χ2n) is 7.62. The number of amides is 1. The standard InChI is InChI=1S/C20H30N8O/c1-4-7-23-20(29)16-6-5-13(10-24-16)17-8-18(22)28-19(26-17)15(11-25-28)14(9-21)12-27(2)3/h8-9,11-13,16,21,24H,4-7,10,22H2,1-3H3,(H,23,29)/b14-12+,21-9?/t13-,16-/m0/s1. The topological polar surface area (TPSA) is 124 Å². The van der Waals surface area contributed by atoms with Crippen LogP contribution in [0.2, 0.25) is 0 Å². The van der Waals surface area contributed by atoms with Crippen LogP contribution in [-0.4, -0.2) is 64.8 Å². The first-order valence-electron chi connectivity index (χ1n) is 9.99. The van der Waals surface area contributed by atoms with E-state index >= 15 is 0 Å². The number of nitrogens with one attached hydrogen (secondary N) is 3. The molecule has 0 aliphatic carbocycles. The first-order chi connectivity index (χ1) is 13.9. The number of aromatic nitrogens is 3. The average Bonchev–Trinajstić information content (AvgIpc) is 3.14. The van der Waals surface area contributed by atoms with E-state index in [1.165, 1.54) is 6.21 Å². The van der Waals surface area contributed by atoms with Crippen molar-refractivity contribution in [3.05, 3.63) is 29.7 Å². The lowest BCUT2D eigenvalue weighted by atomic mass is 9.91. The number of rotatable bonds is 7. The number of hydrogen-bond acceptors (Lipinski definition) is 7. The van der Waals surface area contributed by atoms with Crippen LogP contribution in [0.5, 0.6) is 0 Å². The highest BCUT2D eigenvalue weighted by molar-refractivity contribution is 6.10. The minimum atomic E-state index is -0.156. The van der Waals surface area contributed by atoms with Crippen LogP contribution in [0.1, 0.15) is 43.4 Å². The van der Waals surface area contributed by atoms with Crippen LogP contribution in [0.3, 0.4) is 0 Å². The number of piperidine rings is 1. The Kier molecular flexibility index (Phi) is 6.48. The van der Waals surface area contributed by atoms with E-state index < -0.39 is 0 Å². The van der Waals surface area contributed by atoms with E-state index in [1.54, 1.807) is 10.7 Å². The highest BCUT2D eigenvalue weighted by Gasteiger charge is 2.28. The molecule has 1 aliphatic heterocycles. The fourth-order valence-electron chi connectivity index (χ4n) is 3.59. The van der Waals surface area contributed by atoms with Gasteiger partial charge in [-0.15, -0.1) is 0 Å². The summed E-state index contributed by atoms with van der Waals surface area (Å²) in [6.45, 7) is 3.41. The Morgan fingerprint density at radius 1 is 1.48 bits per heavy atom. The highest BCUT2D eigenvalue weighted by atomic mass is 16.2. The van der Waals surface area contributed by atoms with Crippen molar-refractivity contribution in [2.24, 2.45) is 0 Å². The smallest absolute Gasteiger partial charge is 0.237 e. The van der Waals surface area contributed by atoms with Crippen LogP contribution < -0.4 is 16.4 Å². The van der Waals surface area contributed by atoms with Crippen molar-refractivity contribution in [3.8, 4) is 0 Å². The highest BCUT2D eigenvalue weighted by Crippen LogP contribution is 2.28. The van der Waals surface area contributed by atoms with Gasteiger partial charge in [-0.1, -0.05) is 6.92 Å². The molecule has 29 heavy (non-hydrogen) atoms. The Morgan fingerprint density at radius 2 is 2.28 bits per heavy atom. The second-order valence-corrected chi connectivity index (χ2v) is 7.62. The normalized spacial score (nSPS) is 19.9. The summed E-state index contributed by atoms with van der Waals surface area (Å²) in [5.74, 6) is 0.741. The van der Waals surface area contributed by atoms with Gasteiger partial charge >= 0.3 is 0 Å². The minimum absolute atomic E-state index is 0.0655. The number of allylic oxidation sites excluding steroid dienone is 1. The molecule has 1 saturated heterocycles. The van der Waals surface area contributed by atoms with Gasteiger partial charge < -0.3 is 26.7 Å². The van der Waals surface area contributed by atoms with E-state index in [9.17, 15) is 4.79 Å². The number of anilines is 1. The van der Waals surface area contributed by atoms with Gasteiger partial charge in [0.1, 0.15) is 5.82 Å². The fraction of sp³-hybridized carbons (Fsp3) is 0.500. The van der Waals surface area contributed by atoms with E-state index in [0.29, 0.717) is 30.1 Å². The zero-order valence-corrected chi connectivity index (χ0v) is 17.3. The van der Waals surface area contributed by atoms with Crippen molar-refractivity contribution in [2.75, 3.05) is 32.9 Å². The van der Waals surface area contributed by atoms with Gasteiger partial charge in [0.05, 0.1) is 17.9 Å². The van der Waals surface area contributed by atoms with E-state index in [-0.39, 0.29) is 17.9 Å². The molecule has 3 heterocycles. The molecule has 0 saturated carbocycles. The zero-order chi connectivity index (χ0) is 21.0. The monoisotopic (exact) mass is 398 g/mol. The van der Waals surface area contributed by atoms with Gasteiger partial charge in [-0.2, -0.15) is 9.61 Å². The minimum Gasteiger partial charge on any atom is -0.384 e. The van der Waals surface area contributed by atoms with Crippen LogP contribution in [0.15, 0.2) is 18.5 Å². The lowest BCUT2D eigenvalue weighted by molar-refractivity contribution is -0.123. The molecular weight excluding hydrogens is 368 g/mol. The molecule has 0 spiro atoms. The number of nitrogens with zero attached hydrogens (tertiary/aromatic N) is 4. The Bertz CT molecular complexity index is 909. The third-order valence-corrected chi connectivity index (χ3v) is 5.08. The van der Waals surface area contributed by atoms with Gasteiger partial charge in [0.15, 0.2) is 5.65 Å². The van der Waals surface area contributed by atoms with Crippen molar-refractivity contribution in [3.63, 3.8) is 0 Å². The predicted molar refractivity (Wildman–Crippen MR) is 115 cm³/mol. The van der Waals surface area contributed by atoms with Gasteiger partial charge in [0.25, 0.3) is 0 Å². The van der Waals surface area contributed by atoms with Crippen LogP contribution in [0.25, 0.3) is 11.2 Å². The van der Waals surface area contributed by atoms with E-state index in [0.717, 1.165) is 30.5 Å². The molecule has 0 radical (unpaired) electrons. The summed E-state index contributed by atoms with van der Waals surface area (Å²) < 4.78 is 1.60. The number of nitrogen functional groups attached to an aromatic ring is 1. The number of carbonyl (C=O) groups excluding carboxylic acids is 1. The van der Waals surface area contributed by atoms with Crippen LogP contribution in [0.4, 0.5) is 5.82 Å². The van der Waals surface area contributed by atoms with Crippen molar-refractivity contribution in [1.29, 1.82) is 5.41 Å². The SMILES string of the molecule is CCCNC(=O)[C@@H]1CC[C@H](c2cc(N)n3ncc(/C(C=N)=C/N(C)C)c3n2)CN1. The van der Waals surface area contributed by atoms with Gasteiger partial charge in [0, 0.05) is 62.7 Å². The van der Waals surface area contributed by atoms with Gasteiger partial charge in [0.2, 0.25) is 5.91 Å². The quantitative estimate of drug-likeness (QED) is 0.520. The van der Waals surface area contributed by atoms with Crippen LogP contribution in [0, 0.1) is 5.41 Å². The lowest BCUT2D eigenvalue weighted by Crippen LogP contribution is -2.48. The predicted octanol–water partition coefficient (Wildman–Crippen LogP) is 1.23. The molecule has 2 aromatic heterocycles. The van der Waals surface area contributed by atoms with E-state index in [2.05, 4.69) is 15.7 Å². The van der Waals surface area contributed by atoms with Crippen molar-refractivity contribution < 1.29 is 4.79 Å². The molecule has 5 N–H and O–H groups in total. The summed E-state index contributed by atoms with van der Waals surface area (Å²) in [4.78, 5) is 18.9.